The number of anilines is 1. The standard InChI is InChI=1S/C31H36N4O2/c1-6-8-19-34(31(37)32-25-16-14-24(7-2)15-17-25)23(5)29-33-28-12-10-9-11-27(28)30(36)35(29)26-18-13-21(3)22(4)20-26/h9-18,20,23H,6-8,19H2,1-5H3,(H,32,37). The SMILES string of the molecule is CCCCN(C(=O)Nc1ccc(CC)cc1)C(C)c1nc2ccccc2c(=O)n1-c1ccc(C)c(C)c1. The van der Waals surface area contributed by atoms with Crippen molar-refractivity contribution >= 4 is 22.6 Å². The maximum atomic E-state index is 13.8. The third-order valence-electron chi connectivity index (χ3n) is 7.02. The van der Waals surface area contributed by atoms with Crippen molar-refractivity contribution in [2.45, 2.75) is 59.9 Å². The van der Waals surface area contributed by atoms with Crippen LogP contribution in [-0.2, 0) is 6.42 Å². The largest absolute Gasteiger partial charge is 0.322 e. The minimum atomic E-state index is -0.444. The number of nitrogens with zero attached hydrogens (tertiary/aromatic N) is 3. The first-order valence-corrected chi connectivity index (χ1v) is 13.1. The van der Waals surface area contributed by atoms with Crippen molar-refractivity contribution < 1.29 is 4.79 Å². The molecule has 0 saturated carbocycles. The highest BCUT2D eigenvalue weighted by Crippen LogP contribution is 2.25. The molecule has 6 heteroatoms. The minimum absolute atomic E-state index is 0.137. The van der Waals surface area contributed by atoms with Gasteiger partial charge in [0.15, 0.2) is 0 Å². The molecule has 1 N–H and O–H groups in total. The monoisotopic (exact) mass is 496 g/mol. The fourth-order valence-electron chi connectivity index (χ4n) is 4.50. The van der Waals surface area contributed by atoms with Gasteiger partial charge in [0, 0.05) is 12.2 Å². The van der Waals surface area contributed by atoms with Gasteiger partial charge in [-0.1, -0.05) is 50.6 Å². The lowest BCUT2D eigenvalue weighted by molar-refractivity contribution is 0.188. The Bertz CT molecular complexity index is 1460. The number of unbranched alkanes of at least 4 members (excludes halogenated alkanes) is 1. The smallest absolute Gasteiger partial charge is 0.315 e. The number of amides is 2. The Hall–Kier alpha value is -3.93. The Morgan fingerprint density at radius 2 is 1.73 bits per heavy atom. The Labute approximate surface area is 219 Å². The lowest BCUT2D eigenvalue weighted by Gasteiger charge is -2.30. The van der Waals surface area contributed by atoms with E-state index in [0.29, 0.717) is 23.3 Å². The maximum Gasteiger partial charge on any atom is 0.322 e. The van der Waals surface area contributed by atoms with Crippen LogP contribution in [0, 0.1) is 13.8 Å². The molecule has 192 valence electrons. The number of benzene rings is 3. The van der Waals surface area contributed by atoms with Crippen LogP contribution < -0.4 is 10.9 Å². The second-order valence-electron chi connectivity index (χ2n) is 9.60. The summed E-state index contributed by atoms with van der Waals surface area (Å²) in [5.74, 6) is 0.541. The van der Waals surface area contributed by atoms with E-state index in [1.807, 2.05) is 81.4 Å². The summed E-state index contributed by atoms with van der Waals surface area (Å²) in [4.78, 5) is 34.1. The lowest BCUT2D eigenvalue weighted by atomic mass is 10.1. The molecule has 0 aliphatic carbocycles. The summed E-state index contributed by atoms with van der Waals surface area (Å²) in [5.41, 5.74) is 5.44. The first kappa shape index (κ1) is 26.1. The molecule has 0 radical (unpaired) electrons. The van der Waals surface area contributed by atoms with E-state index in [9.17, 15) is 9.59 Å². The molecule has 4 aromatic rings. The first-order valence-electron chi connectivity index (χ1n) is 13.1. The summed E-state index contributed by atoms with van der Waals surface area (Å²) < 4.78 is 1.67. The zero-order chi connectivity index (χ0) is 26.5. The first-order chi connectivity index (χ1) is 17.8. The van der Waals surface area contributed by atoms with Crippen molar-refractivity contribution in [3.63, 3.8) is 0 Å². The summed E-state index contributed by atoms with van der Waals surface area (Å²) in [6.07, 6.45) is 2.72. The van der Waals surface area contributed by atoms with Crippen molar-refractivity contribution in [3.05, 3.63) is 99.6 Å². The number of carbonyl (C=O) groups excluding carboxylic acids is 1. The summed E-state index contributed by atoms with van der Waals surface area (Å²) >= 11 is 0. The molecule has 1 aromatic heterocycles. The van der Waals surface area contributed by atoms with Crippen molar-refractivity contribution in [1.82, 2.24) is 14.5 Å². The number of aromatic nitrogens is 2. The van der Waals surface area contributed by atoms with Crippen LogP contribution in [0.3, 0.4) is 0 Å². The van der Waals surface area contributed by atoms with Gasteiger partial charge in [-0.3, -0.25) is 9.36 Å². The number of rotatable bonds is 8. The summed E-state index contributed by atoms with van der Waals surface area (Å²) in [5, 5.41) is 3.61. The molecule has 0 aliphatic heterocycles. The molecular formula is C31H36N4O2. The van der Waals surface area contributed by atoms with Gasteiger partial charge >= 0.3 is 6.03 Å². The molecule has 0 bridgehead atoms. The van der Waals surface area contributed by atoms with Crippen molar-refractivity contribution in [1.29, 1.82) is 0 Å². The Morgan fingerprint density at radius 1 is 1.00 bits per heavy atom. The molecule has 1 heterocycles. The third-order valence-corrected chi connectivity index (χ3v) is 7.02. The molecule has 0 spiro atoms. The Balaban J connectivity index is 1.81. The van der Waals surface area contributed by atoms with Crippen molar-refractivity contribution in [2.24, 2.45) is 0 Å². The molecular weight excluding hydrogens is 460 g/mol. The second-order valence-corrected chi connectivity index (χ2v) is 9.60. The highest BCUT2D eigenvalue weighted by Gasteiger charge is 2.27. The number of hydrogen-bond donors (Lipinski definition) is 1. The topological polar surface area (TPSA) is 67.2 Å². The van der Waals surface area contributed by atoms with Crippen LogP contribution in [-0.4, -0.2) is 27.0 Å². The number of aryl methyl sites for hydroxylation is 3. The molecule has 1 unspecified atom stereocenters. The molecule has 1 atom stereocenters. The summed E-state index contributed by atoms with van der Waals surface area (Å²) in [6, 6.07) is 20.6. The van der Waals surface area contributed by atoms with Crippen LogP contribution in [0.25, 0.3) is 16.6 Å². The van der Waals surface area contributed by atoms with Gasteiger partial charge in [-0.25, -0.2) is 9.78 Å². The van der Waals surface area contributed by atoms with Gasteiger partial charge in [0.1, 0.15) is 5.82 Å². The minimum Gasteiger partial charge on any atom is -0.315 e. The molecule has 3 aromatic carbocycles. The fourth-order valence-corrected chi connectivity index (χ4v) is 4.50. The van der Waals surface area contributed by atoms with Crippen LogP contribution >= 0.6 is 0 Å². The van der Waals surface area contributed by atoms with Gasteiger partial charge in [-0.15, -0.1) is 0 Å². The van der Waals surface area contributed by atoms with Gasteiger partial charge in [0.25, 0.3) is 5.56 Å². The highest BCUT2D eigenvalue weighted by atomic mass is 16.2. The highest BCUT2D eigenvalue weighted by molar-refractivity contribution is 5.89. The van der Waals surface area contributed by atoms with E-state index in [1.165, 1.54) is 5.56 Å². The number of hydrogen-bond acceptors (Lipinski definition) is 3. The van der Waals surface area contributed by atoms with Crippen molar-refractivity contribution in [2.75, 3.05) is 11.9 Å². The number of para-hydroxylation sites is 1. The van der Waals surface area contributed by atoms with Gasteiger partial charge in [0.2, 0.25) is 0 Å². The van der Waals surface area contributed by atoms with Gasteiger partial charge in [-0.05, 0) is 86.7 Å². The molecule has 0 fully saturated rings. The van der Waals surface area contributed by atoms with Crippen molar-refractivity contribution in [3.8, 4) is 5.69 Å². The third kappa shape index (κ3) is 5.58. The van der Waals surface area contributed by atoms with E-state index in [1.54, 1.807) is 15.5 Å². The average Bonchev–Trinajstić information content (AvgIpc) is 2.91. The maximum absolute atomic E-state index is 13.8. The fraction of sp³-hybridized carbons (Fsp3) is 0.323. The normalized spacial score (nSPS) is 11.9. The van der Waals surface area contributed by atoms with E-state index in [4.69, 9.17) is 4.98 Å². The van der Waals surface area contributed by atoms with Crippen LogP contribution in [0.5, 0.6) is 0 Å². The predicted molar refractivity (Wildman–Crippen MR) is 152 cm³/mol. The van der Waals surface area contributed by atoms with E-state index >= 15 is 0 Å². The van der Waals surface area contributed by atoms with Crippen LogP contribution in [0.1, 0.15) is 62.2 Å². The summed E-state index contributed by atoms with van der Waals surface area (Å²) in [7, 11) is 0. The van der Waals surface area contributed by atoms with Gasteiger partial charge in [0.05, 0.1) is 22.6 Å². The van der Waals surface area contributed by atoms with Gasteiger partial charge < -0.3 is 10.2 Å². The van der Waals surface area contributed by atoms with Crippen LogP contribution in [0.4, 0.5) is 10.5 Å². The lowest BCUT2D eigenvalue weighted by Crippen LogP contribution is -2.40. The predicted octanol–water partition coefficient (Wildman–Crippen LogP) is 6.96. The van der Waals surface area contributed by atoms with E-state index in [2.05, 4.69) is 19.2 Å². The average molecular weight is 497 g/mol. The number of fused-ring (bicyclic) bond motifs is 1. The quantitative estimate of drug-likeness (QED) is 0.287. The summed E-state index contributed by atoms with van der Waals surface area (Å²) in [6.45, 7) is 10.8. The number of carbonyl (C=O) groups is 1. The second kappa shape index (κ2) is 11.4. The molecule has 37 heavy (non-hydrogen) atoms. The van der Waals surface area contributed by atoms with Crippen LogP contribution in [0.15, 0.2) is 71.5 Å². The number of urea groups is 1. The molecule has 2 amide bonds. The zero-order valence-electron chi connectivity index (χ0n) is 22.4. The Morgan fingerprint density at radius 3 is 2.41 bits per heavy atom. The van der Waals surface area contributed by atoms with E-state index < -0.39 is 6.04 Å². The zero-order valence-corrected chi connectivity index (χ0v) is 22.4. The number of nitrogens with one attached hydrogen (secondary N) is 1. The van der Waals surface area contributed by atoms with E-state index in [0.717, 1.165) is 41.8 Å². The molecule has 0 aliphatic rings. The Kier molecular flexibility index (Phi) is 8.07. The molecule has 4 rings (SSSR count). The molecule has 6 nitrogen and oxygen atoms in total. The van der Waals surface area contributed by atoms with E-state index in [-0.39, 0.29) is 11.6 Å². The van der Waals surface area contributed by atoms with Gasteiger partial charge in [-0.2, -0.15) is 0 Å². The van der Waals surface area contributed by atoms with Crippen LogP contribution in [0.2, 0.25) is 0 Å². The molecule has 0 saturated heterocycles.